The highest BCUT2D eigenvalue weighted by Crippen LogP contribution is 2.31. The van der Waals surface area contributed by atoms with Crippen LogP contribution >= 0.6 is 27.7 Å². The molecular formula is C20H17BrFN3O4S2. The lowest BCUT2D eigenvalue weighted by Gasteiger charge is -2.13. The number of rotatable bonds is 7. The van der Waals surface area contributed by atoms with Crippen LogP contribution in [0.15, 0.2) is 75.0 Å². The molecule has 7 nitrogen and oxygen atoms in total. The van der Waals surface area contributed by atoms with Gasteiger partial charge in [0, 0.05) is 23.1 Å². The first kappa shape index (κ1) is 23.2. The minimum Gasteiger partial charge on any atom is -0.326 e. The maximum Gasteiger partial charge on any atom is 0.284 e. The van der Waals surface area contributed by atoms with Crippen LogP contribution < -0.4 is 5.32 Å². The van der Waals surface area contributed by atoms with Gasteiger partial charge in [-0.1, -0.05) is 33.8 Å². The van der Waals surface area contributed by atoms with E-state index in [-0.39, 0.29) is 23.0 Å². The molecule has 0 aliphatic carbocycles. The number of nitrogens with zero attached hydrogens (tertiary/aromatic N) is 2. The Kier molecular flexibility index (Phi) is 7.29. The zero-order valence-electron chi connectivity index (χ0n) is 16.0. The molecule has 1 saturated heterocycles. The highest BCUT2D eigenvalue weighted by Gasteiger charge is 2.39. The smallest absolute Gasteiger partial charge is 0.284 e. The van der Waals surface area contributed by atoms with Gasteiger partial charge in [0.2, 0.25) is 11.8 Å². The third-order valence-electron chi connectivity index (χ3n) is 4.14. The van der Waals surface area contributed by atoms with Crippen molar-refractivity contribution in [1.82, 2.24) is 4.90 Å². The molecule has 2 aromatic rings. The summed E-state index contributed by atoms with van der Waals surface area (Å²) >= 11 is 4.14. The molecule has 1 unspecified atom stereocenters. The summed E-state index contributed by atoms with van der Waals surface area (Å²) in [5.41, 5.74) is 0.386. The van der Waals surface area contributed by atoms with Crippen LogP contribution in [-0.2, 0) is 19.6 Å². The SMILES string of the molecule is C=CCN1C(=O)C(CC(=O)Nc2ccc(F)cc2)SC1=NS(=O)(=O)c1ccc(Br)cc1. The molecule has 2 aromatic carbocycles. The van der Waals surface area contributed by atoms with Crippen molar-refractivity contribution in [2.45, 2.75) is 16.6 Å². The Morgan fingerprint density at radius 1 is 1.23 bits per heavy atom. The van der Waals surface area contributed by atoms with E-state index in [0.717, 1.165) is 11.8 Å². The van der Waals surface area contributed by atoms with Crippen molar-refractivity contribution in [2.75, 3.05) is 11.9 Å². The molecule has 1 atom stereocenters. The Labute approximate surface area is 191 Å². The van der Waals surface area contributed by atoms with Crippen molar-refractivity contribution in [1.29, 1.82) is 0 Å². The summed E-state index contributed by atoms with van der Waals surface area (Å²) in [5, 5.41) is 1.72. The lowest BCUT2D eigenvalue weighted by molar-refractivity contribution is -0.127. The summed E-state index contributed by atoms with van der Waals surface area (Å²) in [7, 11) is -4.06. The first-order valence-electron chi connectivity index (χ1n) is 8.94. The van der Waals surface area contributed by atoms with E-state index in [1.54, 1.807) is 12.1 Å². The highest BCUT2D eigenvalue weighted by molar-refractivity contribution is 9.10. The summed E-state index contributed by atoms with van der Waals surface area (Å²) < 4.78 is 42.9. The molecule has 1 N–H and O–H groups in total. The predicted molar refractivity (Wildman–Crippen MR) is 122 cm³/mol. The monoisotopic (exact) mass is 525 g/mol. The molecule has 1 aliphatic rings. The maximum atomic E-state index is 13.0. The summed E-state index contributed by atoms with van der Waals surface area (Å²) in [5.74, 6) is -1.34. The Morgan fingerprint density at radius 2 is 1.87 bits per heavy atom. The average Bonchev–Trinajstić information content (AvgIpc) is 2.98. The largest absolute Gasteiger partial charge is 0.326 e. The molecule has 0 saturated carbocycles. The normalized spacial score (nSPS) is 17.7. The number of carbonyl (C=O) groups excluding carboxylic acids is 2. The van der Waals surface area contributed by atoms with Crippen LogP contribution in [-0.4, -0.2) is 42.1 Å². The number of hydrogen-bond donors (Lipinski definition) is 1. The fourth-order valence-electron chi connectivity index (χ4n) is 2.68. The topological polar surface area (TPSA) is 95.9 Å². The molecule has 162 valence electrons. The molecule has 31 heavy (non-hydrogen) atoms. The number of carbonyl (C=O) groups is 2. The summed E-state index contributed by atoms with van der Waals surface area (Å²) in [6.45, 7) is 3.64. The van der Waals surface area contributed by atoms with E-state index in [1.165, 1.54) is 47.4 Å². The molecule has 2 amide bonds. The molecule has 0 radical (unpaired) electrons. The van der Waals surface area contributed by atoms with Crippen LogP contribution in [0.25, 0.3) is 0 Å². The molecular weight excluding hydrogens is 509 g/mol. The van der Waals surface area contributed by atoms with Gasteiger partial charge in [-0.05, 0) is 48.5 Å². The van der Waals surface area contributed by atoms with Gasteiger partial charge in [-0.2, -0.15) is 8.42 Å². The van der Waals surface area contributed by atoms with Crippen LogP contribution in [0.4, 0.5) is 10.1 Å². The number of halogens is 2. The minimum absolute atomic E-state index is 0.0209. The Morgan fingerprint density at radius 3 is 2.48 bits per heavy atom. The van der Waals surface area contributed by atoms with Crippen LogP contribution in [0, 0.1) is 5.82 Å². The number of nitrogens with one attached hydrogen (secondary N) is 1. The molecule has 11 heteroatoms. The molecule has 0 aromatic heterocycles. The van der Waals surface area contributed by atoms with Gasteiger partial charge in [0.1, 0.15) is 11.1 Å². The second-order valence-corrected chi connectivity index (χ2v) is 10.1. The molecule has 0 spiro atoms. The molecule has 1 aliphatic heterocycles. The van der Waals surface area contributed by atoms with Crippen molar-refractivity contribution in [2.24, 2.45) is 4.40 Å². The fourth-order valence-corrected chi connectivity index (χ4v) is 5.31. The van der Waals surface area contributed by atoms with E-state index < -0.39 is 32.9 Å². The summed E-state index contributed by atoms with van der Waals surface area (Å²) in [6, 6.07) is 11.2. The van der Waals surface area contributed by atoms with Crippen molar-refractivity contribution >= 4 is 60.4 Å². The Bertz CT molecular complexity index is 1140. The molecule has 1 heterocycles. The number of benzene rings is 2. The standard InChI is InChI=1S/C20H17BrFN3O4S2/c1-2-11-25-19(27)17(12-18(26)23-15-7-5-14(22)6-8-15)30-20(25)24-31(28,29)16-9-3-13(21)4-10-16/h2-10,17H,1,11-12H2,(H,23,26). The van der Waals surface area contributed by atoms with E-state index in [1.807, 2.05) is 0 Å². The number of amidine groups is 1. The highest BCUT2D eigenvalue weighted by atomic mass is 79.9. The summed E-state index contributed by atoms with van der Waals surface area (Å²) in [4.78, 5) is 26.3. The third kappa shape index (κ3) is 5.81. The quantitative estimate of drug-likeness (QED) is 0.554. The summed E-state index contributed by atoms with van der Waals surface area (Å²) in [6.07, 6.45) is 1.24. The second-order valence-electron chi connectivity index (χ2n) is 6.41. The zero-order valence-corrected chi connectivity index (χ0v) is 19.2. The minimum atomic E-state index is -4.06. The number of thioether (sulfide) groups is 1. The van der Waals surface area contributed by atoms with Gasteiger partial charge < -0.3 is 5.32 Å². The fraction of sp³-hybridized carbons (Fsp3) is 0.150. The van der Waals surface area contributed by atoms with Gasteiger partial charge >= 0.3 is 0 Å². The Balaban J connectivity index is 1.78. The van der Waals surface area contributed by atoms with Crippen molar-refractivity contribution in [3.8, 4) is 0 Å². The first-order chi connectivity index (χ1) is 14.7. The molecule has 0 bridgehead atoms. The third-order valence-corrected chi connectivity index (χ3v) is 7.24. The van der Waals surface area contributed by atoms with Gasteiger partial charge in [-0.15, -0.1) is 11.0 Å². The van der Waals surface area contributed by atoms with Gasteiger partial charge in [0.15, 0.2) is 5.17 Å². The maximum absolute atomic E-state index is 13.0. The van der Waals surface area contributed by atoms with Crippen molar-refractivity contribution < 1.29 is 22.4 Å². The van der Waals surface area contributed by atoms with Crippen molar-refractivity contribution in [3.63, 3.8) is 0 Å². The molecule has 1 fully saturated rings. The van der Waals surface area contributed by atoms with Gasteiger partial charge in [-0.25, -0.2) is 4.39 Å². The van der Waals surface area contributed by atoms with Crippen LogP contribution in [0.1, 0.15) is 6.42 Å². The van der Waals surface area contributed by atoms with E-state index >= 15 is 0 Å². The van der Waals surface area contributed by atoms with Gasteiger partial charge in [-0.3, -0.25) is 14.5 Å². The van der Waals surface area contributed by atoms with Crippen LogP contribution in [0.2, 0.25) is 0 Å². The van der Waals surface area contributed by atoms with Gasteiger partial charge in [0.05, 0.1) is 4.90 Å². The average molecular weight is 526 g/mol. The zero-order chi connectivity index (χ0) is 22.6. The van der Waals surface area contributed by atoms with E-state index in [4.69, 9.17) is 0 Å². The molecule has 3 rings (SSSR count). The predicted octanol–water partition coefficient (Wildman–Crippen LogP) is 3.79. The van der Waals surface area contributed by atoms with E-state index in [2.05, 4.69) is 32.2 Å². The second kappa shape index (κ2) is 9.75. The van der Waals surface area contributed by atoms with E-state index in [9.17, 15) is 22.4 Å². The first-order valence-corrected chi connectivity index (χ1v) is 12.1. The lowest BCUT2D eigenvalue weighted by Crippen LogP contribution is -2.33. The number of sulfonamides is 1. The number of anilines is 1. The van der Waals surface area contributed by atoms with Gasteiger partial charge in [0.25, 0.3) is 10.0 Å². The number of hydrogen-bond acceptors (Lipinski definition) is 5. The Hall–Kier alpha value is -2.50. The van der Waals surface area contributed by atoms with Crippen molar-refractivity contribution in [3.05, 3.63) is 71.5 Å². The van der Waals surface area contributed by atoms with Crippen LogP contribution in [0.5, 0.6) is 0 Å². The van der Waals surface area contributed by atoms with Crippen LogP contribution in [0.3, 0.4) is 0 Å². The number of amides is 2. The lowest BCUT2D eigenvalue weighted by atomic mass is 10.2. The van der Waals surface area contributed by atoms with E-state index in [0.29, 0.717) is 10.2 Å².